The highest BCUT2D eigenvalue weighted by Gasteiger charge is 2.20. The smallest absolute Gasteiger partial charge is 0.290 e. The number of fused-ring (bicyclic) bond motifs is 1. The van der Waals surface area contributed by atoms with Crippen LogP contribution in [0.15, 0.2) is 46.1 Å². The van der Waals surface area contributed by atoms with Crippen molar-refractivity contribution in [3.63, 3.8) is 0 Å². The van der Waals surface area contributed by atoms with Crippen LogP contribution >= 0.6 is 0 Å². The zero-order valence-corrected chi connectivity index (χ0v) is 17.9. The normalized spacial score (nSPS) is 12.8. The zero-order valence-electron chi connectivity index (χ0n) is 17.1. The first-order chi connectivity index (χ1) is 12.9. The third-order valence-corrected chi connectivity index (χ3v) is 6.33. The minimum atomic E-state index is -3.53. The topological polar surface area (TPSA) is 77.2 Å². The SMILES string of the molecule is CN(C)S(=O)(=O)c1cccc(-c2ccc3c(n2)n(C)c(=O)n3CC(C)(C)C)c1. The maximum atomic E-state index is 12.7. The molecule has 0 aliphatic heterocycles. The molecule has 150 valence electrons. The molecule has 0 aliphatic carbocycles. The van der Waals surface area contributed by atoms with E-state index in [9.17, 15) is 13.2 Å². The van der Waals surface area contributed by atoms with Gasteiger partial charge in [-0.15, -0.1) is 0 Å². The van der Waals surface area contributed by atoms with Gasteiger partial charge in [0.2, 0.25) is 10.0 Å². The molecule has 8 heteroatoms. The number of hydrogen-bond acceptors (Lipinski definition) is 4. The Balaban J connectivity index is 2.15. The monoisotopic (exact) mass is 402 g/mol. The van der Waals surface area contributed by atoms with Gasteiger partial charge < -0.3 is 0 Å². The van der Waals surface area contributed by atoms with Crippen molar-refractivity contribution in [1.82, 2.24) is 18.4 Å². The average Bonchev–Trinajstić information content (AvgIpc) is 2.85. The van der Waals surface area contributed by atoms with Crippen molar-refractivity contribution in [2.75, 3.05) is 14.1 Å². The van der Waals surface area contributed by atoms with Crippen LogP contribution in [0.3, 0.4) is 0 Å². The largest absolute Gasteiger partial charge is 0.330 e. The molecule has 0 amide bonds. The van der Waals surface area contributed by atoms with Gasteiger partial charge in [0.05, 0.1) is 16.1 Å². The van der Waals surface area contributed by atoms with Gasteiger partial charge in [0, 0.05) is 33.3 Å². The van der Waals surface area contributed by atoms with E-state index in [-0.39, 0.29) is 16.0 Å². The summed E-state index contributed by atoms with van der Waals surface area (Å²) in [5.74, 6) is 0. The fourth-order valence-corrected chi connectivity index (χ4v) is 4.04. The van der Waals surface area contributed by atoms with Crippen molar-refractivity contribution in [2.24, 2.45) is 12.5 Å². The van der Waals surface area contributed by atoms with Gasteiger partial charge in [0.25, 0.3) is 0 Å². The summed E-state index contributed by atoms with van der Waals surface area (Å²) in [5.41, 5.74) is 2.48. The first-order valence-corrected chi connectivity index (χ1v) is 10.4. The predicted octanol–water partition coefficient (Wildman–Crippen LogP) is 2.70. The van der Waals surface area contributed by atoms with E-state index in [0.29, 0.717) is 23.4 Å². The summed E-state index contributed by atoms with van der Waals surface area (Å²) in [5, 5.41) is 0. The molecule has 2 heterocycles. The summed E-state index contributed by atoms with van der Waals surface area (Å²) in [7, 11) is 1.17. The molecule has 1 aromatic carbocycles. The van der Waals surface area contributed by atoms with E-state index in [2.05, 4.69) is 25.8 Å². The first kappa shape index (κ1) is 20.3. The highest BCUT2D eigenvalue weighted by Crippen LogP contribution is 2.25. The van der Waals surface area contributed by atoms with Gasteiger partial charge >= 0.3 is 5.69 Å². The molecular formula is C20H26N4O3S. The second kappa shape index (κ2) is 6.86. The molecule has 0 bridgehead atoms. The van der Waals surface area contributed by atoms with Crippen LogP contribution in [-0.2, 0) is 23.6 Å². The number of pyridine rings is 1. The Morgan fingerprint density at radius 3 is 2.39 bits per heavy atom. The lowest BCUT2D eigenvalue weighted by atomic mass is 9.97. The van der Waals surface area contributed by atoms with Crippen LogP contribution in [-0.4, -0.2) is 40.9 Å². The highest BCUT2D eigenvalue weighted by molar-refractivity contribution is 7.89. The molecule has 0 N–H and O–H groups in total. The van der Waals surface area contributed by atoms with Gasteiger partial charge in [0.15, 0.2) is 5.65 Å². The number of aromatic nitrogens is 3. The van der Waals surface area contributed by atoms with Gasteiger partial charge in [-0.3, -0.25) is 9.13 Å². The van der Waals surface area contributed by atoms with E-state index in [1.54, 1.807) is 29.8 Å². The quantitative estimate of drug-likeness (QED) is 0.672. The summed E-state index contributed by atoms with van der Waals surface area (Å²) < 4.78 is 29.3. The van der Waals surface area contributed by atoms with E-state index in [1.165, 1.54) is 23.0 Å². The van der Waals surface area contributed by atoms with E-state index in [1.807, 2.05) is 18.2 Å². The Hall–Kier alpha value is -2.45. The number of hydrogen-bond donors (Lipinski definition) is 0. The van der Waals surface area contributed by atoms with Crippen LogP contribution in [0.2, 0.25) is 0 Å². The van der Waals surface area contributed by atoms with Crippen molar-refractivity contribution in [1.29, 1.82) is 0 Å². The van der Waals surface area contributed by atoms with Crippen molar-refractivity contribution in [3.05, 3.63) is 46.9 Å². The highest BCUT2D eigenvalue weighted by atomic mass is 32.2. The van der Waals surface area contributed by atoms with E-state index in [4.69, 9.17) is 0 Å². The van der Waals surface area contributed by atoms with Gasteiger partial charge in [-0.2, -0.15) is 0 Å². The average molecular weight is 403 g/mol. The molecule has 3 rings (SSSR count). The van der Waals surface area contributed by atoms with E-state index >= 15 is 0 Å². The molecule has 0 fully saturated rings. The van der Waals surface area contributed by atoms with Gasteiger partial charge in [0.1, 0.15) is 0 Å². The fraction of sp³-hybridized carbons (Fsp3) is 0.400. The van der Waals surface area contributed by atoms with Gasteiger partial charge in [-0.1, -0.05) is 32.9 Å². The number of rotatable bonds is 4. The molecule has 0 aliphatic rings. The lowest BCUT2D eigenvalue weighted by molar-refractivity contribution is 0.342. The zero-order chi connectivity index (χ0) is 20.9. The summed E-state index contributed by atoms with van der Waals surface area (Å²) in [6, 6.07) is 10.4. The third kappa shape index (κ3) is 3.62. The second-order valence-corrected chi connectivity index (χ2v) is 10.5. The molecule has 0 saturated heterocycles. The molecule has 28 heavy (non-hydrogen) atoms. The molecule has 0 atom stereocenters. The molecule has 7 nitrogen and oxygen atoms in total. The maximum absolute atomic E-state index is 12.7. The summed E-state index contributed by atoms with van der Waals surface area (Å²) in [6.45, 7) is 6.82. The standard InChI is InChI=1S/C20H26N4O3S/c1-20(2,3)13-24-17-11-10-16(21-18(17)23(6)19(24)25)14-8-7-9-15(12-14)28(26,27)22(4)5/h7-12H,13H2,1-6H3. The van der Waals surface area contributed by atoms with Crippen LogP contribution in [0.25, 0.3) is 22.4 Å². The Morgan fingerprint density at radius 2 is 1.79 bits per heavy atom. The Morgan fingerprint density at radius 1 is 1.11 bits per heavy atom. The molecule has 0 saturated carbocycles. The maximum Gasteiger partial charge on any atom is 0.330 e. The molecule has 2 aromatic heterocycles. The number of imidazole rings is 1. The number of aryl methyl sites for hydroxylation is 1. The fourth-order valence-electron chi connectivity index (χ4n) is 3.09. The van der Waals surface area contributed by atoms with Crippen LogP contribution in [0.5, 0.6) is 0 Å². The lowest BCUT2D eigenvalue weighted by Gasteiger charge is -2.18. The summed E-state index contributed by atoms with van der Waals surface area (Å²) in [4.78, 5) is 17.5. The van der Waals surface area contributed by atoms with Gasteiger partial charge in [-0.05, 0) is 29.7 Å². The number of benzene rings is 1. The van der Waals surface area contributed by atoms with Crippen molar-refractivity contribution in [3.8, 4) is 11.3 Å². The second-order valence-electron chi connectivity index (χ2n) is 8.34. The van der Waals surface area contributed by atoms with Crippen molar-refractivity contribution >= 4 is 21.2 Å². The Labute approximate surface area is 165 Å². The van der Waals surface area contributed by atoms with Crippen LogP contribution in [0.1, 0.15) is 20.8 Å². The first-order valence-electron chi connectivity index (χ1n) is 9.01. The number of sulfonamides is 1. The van der Waals surface area contributed by atoms with Crippen LogP contribution in [0.4, 0.5) is 0 Å². The number of nitrogens with zero attached hydrogens (tertiary/aromatic N) is 4. The third-order valence-electron chi connectivity index (χ3n) is 4.52. The summed E-state index contributed by atoms with van der Waals surface area (Å²) >= 11 is 0. The summed E-state index contributed by atoms with van der Waals surface area (Å²) in [6.07, 6.45) is 0. The Bertz CT molecular complexity index is 1200. The molecule has 0 radical (unpaired) electrons. The molecule has 0 unspecified atom stereocenters. The van der Waals surface area contributed by atoms with Crippen molar-refractivity contribution in [2.45, 2.75) is 32.2 Å². The minimum Gasteiger partial charge on any atom is -0.290 e. The van der Waals surface area contributed by atoms with Crippen molar-refractivity contribution < 1.29 is 8.42 Å². The molecular weight excluding hydrogens is 376 g/mol. The van der Waals surface area contributed by atoms with Crippen LogP contribution < -0.4 is 5.69 Å². The van der Waals surface area contributed by atoms with E-state index < -0.39 is 10.0 Å². The van der Waals surface area contributed by atoms with E-state index in [0.717, 1.165) is 5.52 Å². The minimum absolute atomic E-state index is 0.0499. The van der Waals surface area contributed by atoms with Crippen LogP contribution in [0, 0.1) is 5.41 Å². The molecule has 3 aromatic rings. The van der Waals surface area contributed by atoms with Gasteiger partial charge in [-0.25, -0.2) is 22.5 Å². The lowest BCUT2D eigenvalue weighted by Crippen LogP contribution is -2.27. The molecule has 0 spiro atoms. The Kier molecular flexibility index (Phi) is 4.97. The predicted molar refractivity (Wildman–Crippen MR) is 111 cm³/mol.